The van der Waals surface area contributed by atoms with E-state index < -0.39 is 11.0 Å². The van der Waals surface area contributed by atoms with Gasteiger partial charge in [0.25, 0.3) is 0 Å². The summed E-state index contributed by atoms with van der Waals surface area (Å²) < 4.78 is 7.32. The number of piperidine rings is 1. The molecule has 146 valence electrons. The largest absolute Gasteiger partial charge is 1.00 e. The molecule has 1 unspecified atom stereocenters. The lowest BCUT2D eigenvalue weighted by atomic mass is 9.48. The van der Waals surface area contributed by atoms with Crippen molar-refractivity contribution in [1.29, 1.82) is 0 Å². The number of aromatic hydroxyl groups is 1. The molecule has 2 heterocycles. The van der Waals surface area contributed by atoms with Gasteiger partial charge in [-0.1, -0.05) is 12.6 Å². The van der Waals surface area contributed by atoms with Gasteiger partial charge in [-0.05, 0) is 42.9 Å². The lowest BCUT2D eigenvalue weighted by molar-refractivity contribution is -0.950. The van der Waals surface area contributed by atoms with Gasteiger partial charge in [0.05, 0.1) is 25.6 Å². The Hall–Kier alpha value is -0.790. The quantitative estimate of drug-likeness (QED) is 0.346. The fraction of sp³-hybridized carbons (Fsp3) is 0.636. The van der Waals surface area contributed by atoms with Gasteiger partial charge in [-0.3, -0.25) is 0 Å². The molecule has 2 bridgehead atoms. The summed E-state index contributed by atoms with van der Waals surface area (Å²) in [5.74, 6) is 1.66. The first kappa shape index (κ1) is 18.3. The lowest BCUT2D eigenvalue weighted by Crippen LogP contribution is -3.00. The van der Waals surface area contributed by atoms with Crippen LogP contribution in [0.4, 0.5) is 0 Å². The smallest absolute Gasteiger partial charge is 0.166 e. The van der Waals surface area contributed by atoms with Gasteiger partial charge >= 0.3 is 0 Å². The number of hydrogen-bond acceptors (Lipinski definition) is 3. The summed E-state index contributed by atoms with van der Waals surface area (Å²) in [5.41, 5.74) is 2.25. The van der Waals surface area contributed by atoms with E-state index in [-0.39, 0.29) is 41.9 Å². The normalized spacial score (nSPS) is 43.6. The van der Waals surface area contributed by atoms with Crippen LogP contribution < -0.4 is 28.7 Å². The van der Waals surface area contributed by atoms with Crippen molar-refractivity contribution in [2.24, 2.45) is 5.92 Å². The number of nitrogens with zero attached hydrogens (tertiary/aromatic N) is 1. The molecular weight excluding hydrogens is 453 g/mol. The minimum absolute atomic E-state index is 0. The highest BCUT2D eigenvalue weighted by Crippen LogP contribution is 2.67. The minimum atomic E-state index is -0.771. The van der Waals surface area contributed by atoms with Gasteiger partial charge in [0, 0.05) is 24.3 Å². The Morgan fingerprint density at radius 3 is 2.81 bits per heavy atom. The molecule has 2 N–H and O–H groups in total. The Balaban J connectivity index is 0.00000160. The molecule has 3 aliphatic carbocycles. The average molecular weight is 481 g/mol. The van der Waals surface area contributed by atoms with Gasteiger partial charge in [0.1, 0.15) is 17.7 Å². The molecule has 2 saturated carbocycles. The van der Waals surface area contributed by atoms with E-state index >= 15 is 0 Å². The van der Waals surface area contributed by atoms with Crippen molar-refractivity contribution in [3.8, 4) is 11.5 Å². The highest BCUT2D eigenvalue weighted by molar-refractivity contribution is 5.63. The second-order valence-electron chi connectivity index (χ2n) is 9.80. The monoisotopic (exact) mass is 481 g/mol. The first-order valence-electron chi connectivity index (χ1n) is 10.2. The van der Waals surface area contributed by atoms with E-state index in [2.05, 4.69) is 19.7 Å². The Bertz CT molecular complexity index is 852. The molecule has 2 aliphatic heterocycles. The maximum absolute atomic E-state index is 12.3. The summed E-state index contributed by atoms with van der Waals surface area (Å²) in [6, 6.07) is 4.05. The predicted octanol–water partition coefficient (Wildman–Crippen LogP) is -0.339. The standard InChI is InChI=1S/C22H27NO3.HI/c1-13-7-8-22(25)17-11-15-5-6-16(24)19-18(15)21(22,20(13)26-19)9-10-23(17,2)12-14-3-4-14;/h5-6,14,17,20,25H,1,3-4,7-12H2,2H3;1H/t17-,20+,21-,22+,23?;/m1./s1. The molecule has 1 aromatic carbocycles. The summed E-state index contributed by atoms with van der Waals surface area (Å²) >= 11 is 0. The van der Waals surface area contributed by atoms with E-state index in [0.29, 0.717) is 5.75 Å². The van der Waals surface area contributed by atoms with Crippen LogP contribution in [0.25, 0.3) is 0 Å². The average Bonchev–Trinajstić information content (AvgIpc) is 3.32. The minimum Gasteiger partial charge on any atom is -1.00 e. The molecule has 27 heavy (non-hydrogen) atoms. The zero-order valence-corrected chi connectivity index (χ0v) is 18.0. The van der Waals surface area contributed by atoms with Crippen LogP contribution in [-0.2, 0) is 11.8 Å². The van der Waals surface area contributed by atoms with Crippen LogP contribution in [0, 0.1) is 5.92 Å². The Kier molecular flexibility index (Phi) is 3.66. The molecule has 1 spiro atoms. The number of likely N-dealkylation sites (N-methyl/N-ethyl adjacent to an activating group) is 1. The van der Waals surface area contributed by atoms with Gasteiger partial charge in [0.15, 0.2) is 11.5 Å². The molecule has 1 aromatic rings. The molecular formula is C22H28INO3. The first-order valence-corrected chi connectivity index (χ1v) is 10.2. The summed E-state index contributed by atoms with van der Waals surface area (Å²) in [7, 11) is 2.37. The number of ether oxygens (including phenoxy) is 1. The number of phenolic OH excluding ortho intramolecular Hbond substituents is 1. The zero-order valence-electron chi connectivity index (χ0n) is 15.9. The number of halogens is 1. The van der Waals surface area contributed by atoms with Gasteiger partial charge < -0.3 is 43.4 Å². The number of benzene rings is 1. The zero-order chi connectivity index (χ0) is 17.9. The number of phenols is 1. The molecule has 5 aliphatic rings. The van der Waals surface area contributed by atoms with Crippen molar-refractivity contribution in [2.75, 3.05) is 20.1 Å². The molecule has 0 amide bonds. The third-order valence-electron chi connectivity index (χ3n) is 8.43. The van der Waals surface area contributed by atoms with Crippen molar-refractivity contribution in [2.45, 2.75) is 61.7 Å². The van der Waals surface area contributed by atoms with Crippen LogP contribution in [0.3, 0.4) is 0 Å². The number of hydrogen-bond donors (Lipinski definition) is 2. The molecule has 3 fully saturated rings. The van der Waals surface area contributed by atoms with Crippen LogP contribution in [0.15, 0.2) is 24.3 Å². The second-order valence-corrected chi connectivity index (χ2v) is 9.80. The van der Waals surface area contributed by atoms with Crippen LogP contribution >= 0.6 is 0 Å². The number of likely N-dealkylation sites (tertiary alicyclic amines) is 1. The third-order valence-corrected chi connectivity index (χ3v) is 8.43. The van der Waals surface area contributed by atoms with E-state index in [1.807, 2.05) is 0 Å². The van der Waals surface area contributed by atoms with Crippen LogP contribution in [0.2, 0.25) is 0 Å². The van der Waals surface area contributed by atoms with Gasteiger partial charge in [-0.25, -0.2) is 0 Å². The van der Waals surface area contributed by atoms with E-state index in [9.17, 15) is 10.2 Å². The maximum atomic E-state index is 12.3. The number of quaternary nitrogens is 1. The molecule has 0 radical (unpaired) electrons. The maximum Gasteiger partial charge on any atom is 0.166 e. The van der Waals surface area contributed by atoms with Crippen molar-refractivity contribution >= 4 is 0 Å². The Labute approximate surface area is 177 Å². The number of aliphatic hydroxyl groups is 1. The Morgan fingerprint density at radius 1 is 1.30 bits per heavy atom. The topological polar surface area (TPSA) is 49.7 Å². The van der Waals surface area contributed by atoms with E-state index in [1.54, 1.807) is 6.07 Å². The fourth-order valence-electron chi connectivity index (χ4n) is 7.07. The summed E-state index contributed by atoms with van der Waals surface area (Å²) in [6.07, 6.45) is 5.88. The third kappa shape index (κ3) is 2.01. The van der Waals surface area contributed by atoms with Crippen molar-refractivity contribution < 1.29 is 43.4 Å². The van der Waals surface area contributed by atoms with Crippen LogP contribution in [-0.4, -0.2) is 52.6 Å². The van der Waals surface area contributed by atoms with E-state index in [1.165, 1.54) is 24.9 Å². The molecule has 4 nitrogen and oxygen atoms in total. The first-order chi connectivity index (χ1) is 12.4. The van der Waals surface area contributed by atoms with E-state index in [4.69, 9.17) is 4.74 Å². The highest BCUT2D eigenvalue weighted by Gasteiger charge is 2.75. The molecule has 1 saturated heterocycles. The second kappa shape index (κ2) is 5.42. The van der Waals surface area contributed by atoms with Gasteiger partial charge in [0.2, 0.25) is 0 Å². The van der Waals surface area contributed by atoms with Gasteiger partial charge in [-0.15, -0.1) is 0 Å². The van der Waals surface area contributed by atoms with Crippen LogP contribution in [0.5, 0.6) is 11.5 Å². The summed E-state index contributed by atoms with van der Waals surface area (Å²) in [6.45, 7) is 6.57. The summed E-state index contributed by atoms with van der Waals surface area (Å²) in [5, 5.41) is 22.7. The Morgan fingerprint density at radius 2 is 2.07 bits per heavy atom. The van der Waals surface area contributed by atoms with Crippen LogP contribution in [0.1, 0.15) is 43.2 Å². The van der Waals surface area contributed by atoms with Gasteiger partial charge in [-0.2, -0.15) is 0 Å². The number of rotatable bonds is 2. The van der Waals surface area contributed by atoms with Crippen molar-refractivity contribution in [1.82, 2.24) is 0 Å². The molecule has 6 rings (SSSR count). The highest BCUT2D eigenvalue weighted by atomic mass is 127. The van der Waals surface area contributed by atoms with E-state index in [0.717, 1.165) is 53.8 Å². The fourth-order valence-corrected chi connectivity index (χ4v) is 7.07. The molecule has 0 aromatic heterocycles. The molecule has 5 atom stereocenters. The molecule has 5 heteroatoms. The lowest BCUT2D eigenvalue weighted by Gasteiger charge is -2.65. The predicted molar refractivity (Wildman–Crippen MR) is 98.3 cm³/mol. The summed E-state index contributed by atoms with van der Waals surface area (Å²) in [4.78, 5) is 0. The van der Waals surface area contributed by atoms with Crippen molar-refractivity contribution in [3.63, 3.8) is 0 Å². The van der Waals surface area contributed by atoms with Crippen molar-refractivity contribution in [3.05, 3.63) is 35.4 Å². The SMILES string of the molecule is C=C1CC[C@]2(O)[C@H]3Cc4ccc(O)c5c4[C@]2(CC[N+]3(C)CC2CC2)[C@H]1O5.[I-].